The van der Waals surface area contributed by atoms with Crippen LogP contribution in [0.2, 0.25) is 0 Å². The maximum atomic E-state index is 12.3. The summed E-state index contributed by atoms with van der Waals surface area (Å²) in [6, 6.07) is 18.5. The summed E-state index contributed by atoms with van der Waals surface area (Å²) in [6.07, 6.45) is 7.08. The number of anilines is 1. The van der Waals surface area contributed by atoms with Gasteiger partial charge >= 0.3 is 0 Å². The number of hydrogen-bond donors (Lipinski definition) is 4. The number of carbonyl (C=O) groups is 3. The third-order valence-electron chi connectivity index (χ3n) is 9.81. The van der Waals surface area contributed by atoms with Gasteiger partial charge in [0.05, 0.1) is 64.4 Å². The van der Waals surface area contributed by atoms with Crippen LogP contribution in [0.25, 0.3) is 22.3 Å². The highest BCUT2D eigenvalue weighted by Gasteiger charge is 2.25. The van der Waals surface area contributed by atoms with Gasteiger partial charge in [0, 0.05) is 67.4 Å². The summed E-state index contributed by atoms with van der Waals surface area (Å²) in [7, 11) is 0. The zero-order valence-electron chi connectivity index (χ0n) is 33.3. The second kappa shape index (κ2) is 23.2. The number of amides is 3. The van der Waals surface area contributed by atoms with Crippen molar-refractivity contribution >= 4 is 34.4 Å². The van der Waals surface area contributed by atoms with Gasteiger partial charge in [-0.1, -0.05) is 30.0 Å². The van der Waals surface area contributed by atoms with Crippen molar-refractivity contribution in [2.75, 3.05) is 84.4 Å². The van der Waals surface area contributed by atoms with Crippen molar-refractivity contribution in [2.24, 2.45) is 0 Å². The minimum Gasteiger partial charge on any atom is -0.391 e. The number of β-amino-alcohol motifs (C(OH)–C–C–N with tert-alkyl or cyclic N) is 1. The maximum Gasteiger partial charge on any atom is 0.246 e. The molecule has 2 atom stereocenters. The molecular weight excluding hydrogens is 755 g/mol. The van der Waals surface area contributed by atoms with E-state index in [1.165, 1.54) is 16.0 Å². The molecule has 6 rings (SSSR count). The van der Waals surface area contributed by atoms with Gasteiger partial charge in [0.2, 0.25) is 17.7 Å². The summed E-state index contributed by atoms with van der Waals surface area (Å²) in [6.45, 7) is 3.44. The molecule has 2 unspecified atom stereocenters. The molecule has 1 saturated heterocycles. The number of pyridine rings is 1. The Bertz CT molecular complexity index is 2060. The van der Waals surface area contributed by atoms with E-state index in [2.05, 4.69) is 51.0 Å². The average Bonchev–Trinajstić information content (AvgIpc) is 3.88. The number of fused-ring (bicyclic) bond motifs is 2. The average molecular weight is 808 g/mol. The van der Waals surface area contributed by atoms with E-state index in [1.54, 1.807) is 12.4 Å². The molecule has 1 aliphatic heterocycles. The molecule has 4 N–H and O–H groups in total. The number of unbranched alkanes of at least 4 members (excludes halogenated alkanes) is 1. The second-order valence-corrected chi connectivity index (χ2v) is 14.3. The Morgan fingerprint density at radius 2 is 1.63 bits per heavy atom. The molecule has 0 radical (unpaired) electrons. The molecule has 1 aliphatic carbocycles. The van der Waals surface area contributed by atoms with Gasteiger partial charge in [-0.25, -0.2) is 9.97 Å². The Balaban J connectivity index is 0.756. The lowest BCUT2D eigenvalue weighted by molar-refractivity contribution is -0.133. The van der Waals surface area contributed by atoms with Crippen LogP contribution in [0.15, 0.2) is 67.0 Å². The first-order valence-electron chi connectivity index (χ1n) is 20.3. The number of aromatic nitrogens is 3. The fraction of sp³-hybridized carbons (Fsp3) is 0.455. The van der Waals surface area contributed by atoms with Crippen molar-refractivity contribution in [3.63, 3.8) is 0 Å². The molecule has 15 heteroatoms. The summed E-state index contributed by atoms with van der Waals surface area (Å²) >= 11 is 0. The van der Waals surface area contributed by atoms with Crippen molar-refractivity contribution in [3.05, 3.63) is 83.7 Å². The molecule has 1 fully saturated rings. The molecular formula is C44H53N7O8. The van der Waals surface area contributed by atoms with E-state index >= 15 is 0 Å². The number of hydrogen-bond acceptors (Lipinski definition) is 12. The number of benzene rings is 2. The van der Waals surface area contributed by atoms with E-state index in [0.29, 0.717) is 90.8 Å². The predicted octanol–water partition coefficient (Wildman–Crippen LogP) is 2.68. The molecule has 15 nitrogen and oxygen atoms in total. The van der Waals surface area contributed by atoms with Gasteiger partial charge in [-0.05, 0) is 73.2 Å². The number of likely N-dealkylation sites (tertiary alicyclic amines) is 1. The van der Waals surface area contributed by atoms with Gasteiger partial charge in [0.15, 0.2) is 5.82 Å². The van der Waals surface area contributed by atoms with Gasteiger partial charge in [-0.15, -0.1) is 0 Å². The third kappa shape index (κ3) is 14.1. The molecule has 312 valence electrons. The van der Waals surface area contributed by atoms with E-state index in [-0.39, 0.29) is 43.5 Å². The summed E-state index contributed by atoms with van der Waals surface area (Å²) in [5.41, 5.74) is 5.34. The fourth-order valence-corrected chi connectivity index (χ4v) is 6.78. The van der Waals surface area contributed by atoms with Crippen molar-refractivity contribution in [3.8, 4) is 23.2 Å². The van der Waals surface area contributed by atoms with Gasteiger partial charge in [0.25, 0.3) is 0 Å². The SMILES string of the molecule is O=C(CCCC#Cc1ccc2c(c1)CC(Nc1nc(-c3cccnc3)nc3ccccc13)C2)NCCOCCOCCOCCOCC(=O)NCC(=O)N1CCC(O)C1. The molecule has 2 aliphatic rings. The standard InChI is InChI=1S/C44H53N7O8/c52-37-14-17-51(30-37)42(55)29-47-41(54)31-59-24-23-58-22-21-57-20-19-56-18-16-46-40(53)11-3-1-2-7-32-12-13-33-26-36(27-35(33)25-32)48-44-38-9-4-5-10-39(38)49-43(50-44)34-8-6-15-45-28-34/h4-6,8-10,12-13,15,25,28,36-37,52H,1,3,11,14,16-24,26-27,29-31H2,(H,46,53)(H,47,54)(H,48,49,50). The van der Waals surface area contributed by atoms with Crippen LogP contribution in [0, 0.1) is 11.8 Å². The number of para-hydroxylation sites is 1. The Kier molecular flexibility index (Phi) is 16.9. The van der Waals surface area contributed by atoms with Crippen LogP contribution in [0.1, 0.15) is 42.4 Å². The number of nitrogens with zero attached hydrogens (tertiary/aromatic N) is 4. The zero-order chi connectivity index (χ0) is 41.1. The first kappa shape index (κ1) is 43.1. The van der Waals surface area contributed by atoms with Crippen molar-refractivity contribution in [1.82, 2.24) is 30.5 Å². The molecule has 3 amide bonds. The Labute approximate surface area is 344 Å². The van der Waals surface area contributed by atoms with E-state index in [0.717, 1.165) is 40.7 Å². The first-order chi connectivity index (χ1) is 28.9. The highest BCUT2D eigenvalue weighted by atomic mass is 16.6. The number of rotatable bonds is 22. The number of nitrogens with one attached hydrogen (secondary N) is 3. The summed E-state index contributed by atoms with van der Waals surface area (Å²) in [5, 5.41) is 19.6. The number of aliphatic hydroxyl groups excluding tert-OH is 1. The first-order valence-corrected chi connectivity index (χ1v) is 20.3. The smallest absolute Gasteiger partial charge is 0.246 e. The van der Waals surface area contributed by atoms with Crippen molar-refractivity contribution in [2.45, 2.75) is 50.7 Å². The monoisotopic (exact) mass is 807 g/mol. The maximum absolute atomic E-state index is 12.3. The van der Waals surface area contributed by atoms with E-state index in [9.17, 15) is 19.5 Å². The second-order valence-electron chi connectivity index (χ2n) is 14.3. The molecule has 2 aromatic carbocycles. The van der Waals surface area contributed by atoms with Crippen molar-refractivity contribution in [1.29, 1.82) is 0 Å². The van der Waals surface area contributed by atoms with E-state index < -0.39 is 6.10 Å². The highest BCUT2D eigenvalue weighted by molar-refractivity contribution is 5.90. The van der Waals surface area contributed by atoms with Crippen LogP contribution >= 0.6 is 0 Å². The van der Waals surface area contributed by atoms with Gasteiger partial charge in [-0.3, -0.25) is 19.4 Å². The molecule has 0 bridgehead atoms. The quantitative estimate of drug-likeness (QED) is 0.0674. The molecule has 0 saturated carbocycles. The van der Waals surface area contributed by atoms with Crippen LogP contribution in [-0.4, -0.2) is 134 Å². The predicted molar refractivity (Wildman–Crippen MR) is 221 cm³/mol. The minimum atomic E-state index is -0.491. The van der Waals surface area contributed by atoms with E-state index in [4.69, 9.17) is 28.9 Å². The van der Waals surface area contributed by atoms with Crippen LogP contribution < -0.4 is 16.0 Å². The van der Waals surface area contributed by atoms with E-state index in [1.807, 2.05) is 36.4 Å². The van der Waals surface area contributed by atoms with Gasteiger partial charge < -0.3 is 44.9 Å². The third-order valence-corrected chi connectivity index (χ3v) is 9.81. The highest BCUT2D eigenvalue weighted by Crippen LogP contribution is 2.29. The lowest BCUT2D eigenvalue weighted by Crippen LogP contribution is -2.40. The Hall–Kier alpha value is -5.50. The topological polar surface area (TPSA) is 186 Å². The van der Waals surface area contributed by atoms with Crippen molar-refractivity contribution < 1.29 is 38.4 Å². The summed E-state index contributed by atoms with van der Waals surface area (Å²) < 4.78 is 21.7. The Morgan fingerprint density at radius 3 is 2.41 bits per heavy atom. The summed E-state index contributed by atoms with van der Waals surface area (Å²) in [4.78, 5) is 51.5. The zero-order valence-corrected chi connectivity index (χ0v) is 33.3. The van der Waals surface area contributed by atoms with Crippen LogP contribution in [-0.2, 0) is 46.2 Å². The summed E-state index contributed by atoms with van der Waals surface area (Å²) in [5.74, 6) is 7.34. The minimum absolute atomic E-state index is 0.0253. The number of aliphatic hydroxyl groups is 1. The lowest BCUT2D eigenvalue weighted by Gasteiger charge is -2.15. The number of carbonyl (C=O) groups excluding carboxylic acids is 3. The Morgan fingerprint density at radius 1 is 0.847 bits per heavy atom. The molecule has 0 spiro atoms. The molecule has 3 heterocycles. The molecule has 59 heavy (non-hydrogen) atoms. The van der Waals surface area contributed by atoms with Gasteiger partial charge in [0.1, 0.15) is 12.4 Å². The van der Waals surface area contributed by atoms with Crippen LogP contribution in [0.3, 0.4) is 0 Å². The van der Waals surface area contributed by atoms with Crippen LogP contribution in [0.4, 0.5) is 5.82 Å². The normalized spacial score (nSPS) is 15.7. The fourth-order valence-electron chi connectivity index (χ4n) is 6.78. The molecule has 2 aromatic heterocycles. The lowest BCUT2D eigenvalue weighted by atomic mass is 10.1. The number of ether oxygens (including phenoxy) is 4. The largest absolute Gasteiger partial charge is 0.391 e. The van der Waals surface area contributed by atoms with Gasteiger partial charge in [-0.2, -0.15) is 0 Å². The van der Waals surface area contributed by atoms with Crippen LogP contribution in [0.5, 0.6) is 0 Å². The molecule has 4 aromatic rings.